The van der Waals surface area contributed by atoms with Gasteiger partial charge in [0.2, 0.25) is 0 Å². The van der Waals surface area contributed by atoms with Gasteiger partial charge in [0.15, 0.2) is 0 Å². The zero-order valence-electron chi connectivity index (χ0n) is 8.98. The summed E-state index contributed by atoms with van der Waals surface area (Å²) in [6.07, 6.45) is 3.46. The van der Waals surface area contributed by atoms with Gasteiger partial charge in [0.25, 0.3) is 0 Å². The summed E-state index contributed by atoms with van der Waals surface area (Å²) in [5, 5.41) is 0. The number of furan rings is 1. The van der Waals surface area contributed by atoms with Crippen LogP contribution in [0, 0.1) is 5.82 Å². The average Bonchev–Trinajstić information content (AvgIpc) is 2.77. The van der Waals surface area contributed by atoms with E-state index in [4.69, 9.17) is 10.2 Å². The van der Waals surface area contributed by atoms with Crippen LogP contribution in [-0.4, -0.2) is 4.98 Å². The Morgan fingerprint density at radius 3 is 2.88 bits per heavy atom. The fraction of sp³-hybridized carbons (Fsp3) is 0.250. The molecule has 3 nitrogen and oxygen atoms in total. The van der Waals surface area contributed by atoms with Crippen molar-refractivity contribution in [2.24, 2.45) is 5.73 Å². The Hall–Kier alpha value is -1.68. The van der Waals surface area contributed by atoms with E-state index in [1.165, 1.54) is 6.20 Å². The summed E-state index contributed by atoms with van der Waals surface area (Å²) in [7, 11) is 0. The van der Waals surface area contributed by atoms with Gasteiger partial charge < -0.3 is 10.2 Å². The molecule has 1 unspecified atom stereocenters. The minimum atomic E-state index is -0.580. The van der Waals surface area contributed by atoms with Crippen molar-refractivity contribution in [3.63, 3.8) is 0 Å². The Morgan fingerprint density at radius 2 is 2.25 bits per heavy atom. The van der Waals surface area contributed by atoms with Gasteiger partial charge in [-0.15, -0.1) is 0 Å². The van der Waals surface area contributed by atoms with Crippen molar-refractivity contribution in [3.05, 3.63) is 53.5 Å². The highest BCUT2D eigenvalue weighted by atomic mass is 19.1. The lowest BCUT2D eigenvalue weighted by molar-refractivity contribution is 0.447. The van der Waals surface area contributed by atoms with Crippen molar-refractivity contribution in [1.29, 1.82) is 0 Å². The molecule has 0 aliphatic heterocycles. The third-order valence-corrected chi connectivity index (χ3v) is 2.48. The largest absolute Gasteiger partial charge is 0.464 e. The van der Waals surface area contributed by atoms with Gasteiger partial charge in [0.05, 0.1) is 12.2 Å². The molecule has 0 saturated carbocycles. The number of halogens is 1. The quantitative estimate of drug-likeness (QED) is 0.864. The Bertz CT molecular complexity index is 481. The standard InChI is InChI=1S/C12H13FN2O/c1-2-8-3-4-11(16-8)12(14)9-5-6-15-7-10(9)13/h3-7,12H,2,14H2,1H3. The van der Waals surface area contributed by atoms with Crippen molar-refractivity contribution in [2.75, 3.05) is 0 Å². The summed E-state index contributed by atoms with van der Waals surface area (Å²) in [4.78, 5) is 3.68. The van der Waals surface area contributed by atoms with Crippen molar-refractivity contribution >= 4 is 0 Å². The number of pyridine rings is 1. The van der Waals surface area contributed by atoms with Crippen LogP contribution in [0.5, 0.6) is 0 Å². The fourth-order valence-corrected chi connectivity index (χ4v) is 1.54. The first-order valence-electron chi connectivity index (χ1n) is 5.16. The van der Waals surface area contributed by atoms with Gasteiger partial charge in [0.1, 0.15) is 17.3 Å². The number of rotatable bonds is 3. The lowest BCUT2D eigenvalue weighted by Crippen LogP contribution is -2.12. The van der Waals surface area contributed by atoms with Crippen LogP contribution in [0.15, 0.2) is 35.0 Å². The molecule has 0 spiro atoms. The van der Waals surface area contributed by atoms with E-state index < -0.39 is 11.9 Å². The first-order valence-corrected chi connectivity index (χ1v) is 5.16. The maximum Gasteiger partial charge on any atom is 0.146 e. The molecule has 0 aliphatic carbocycles. The third kappa shape index (κ3) is 1.97. The van der Waals surface area contributed by atoms with Crippen molar-refractivity contribution in [2.45, 2.75) is 19.4 Å². The van der Waals surface area contributed by atoms with Crippen LogP contribution in [0.2, 0.25) is 0 Å². The summed E-state index contributed by atoms with van der Waals surface area (Å²) in [6.45, 7) is 1.99. The van der Waals surface area contributed by atoms with Crippen LogP contribution < -0.4 is 5.73 Å². The molecule has 0 radical (unpaired) electrons. The Labute approximate surface area is 93.1 Å². The molecule has 2 rings (SSSR count). The molecule has 0 saturated heterocycles. The van der Waals surface area contributed by atoms with Crippen LogP contribution in [0.25, 0.3) is 0 Å². The number of hydrogen-bond donors (Lipinski definition) is 1. The van der Waals surface area contributed by atoms with Gasteiger partial charge >= 0.3 is 0 Å². The maximum atomic E-state index is 13.4. The van der Waals surface area contributed by atoms with E-state index >= 15 is 0 Å². The molecule has 0 aromatic carbocycles. The topological polar surface area (TPSA) is 52.0 Å². The van der Waals surface area contributed by atoms with Gasteiger partial charge in [-0.3, -0.25) is 4.98 Å². The molecule has 4 heteroatoms. The molecule has 2 aromatic rings. The molecule has 2 aromatic heterocycles. The van der Waals surface area contributed by atoms with Gasteiger partial charge in [0, 0.05) is 18.2 Å². The van der Waals surface area contributed by atoms with Crippen molar-refractivity contribution in [1.82, 2.24) is 4.98 Å². The molecule has 0 fully saturated rings. The van der Waals surface area contributed by atoms with Crippen LogP contribution in [0.4, 0.5) is 4.39 Å². The summed E-state index contributed by atoms with van der Waals surface area (Å²) in [5.74, 6) is 1.01. The lowest BCUT2D eigenvalue weighted by atomic mass is 10.1. The summed E-state index contributed by atoms with van der Waals surface area (Å²) in [6, 6.07) is 4.62. The monoisotopic (exact) mass is 220 g/mol. The first kappa shape index (κ1) is 10.8. The Kier molecular flexibility index (Phi) is 3.01. The first-order chi connectivity index (χ1) is 7.72. The number of nitrogens with zero attached hydrogens (tertiary/aromatic N) is 1. The minimum Gasteiger partial charge on any atom is -0.464 e. The third-order valence-electron chi connectivity index (χ3n) is 2.48. The second kappa shape index (κ2) is 4.45. The number of nitrogens with two attached hydrogens (primary N) is 1. The molecular formula is C12H13FN2O. The molecule has 0 amide bonds. The highest BCUT2D eigenvalue weighted by Crippen LogP contribution is 2.23. The maximum absolute atomic E-state index is 13.4. The second-order valence-electron chi connectivity index (χ2n) is 3.53. The number of hydrogen-bond acceptors (Lipinski definition) is 3. The van der Waals surface area contributed by atoms with Crippen molar-refractivity contribution in [3.8, 4) is 0 Å². The Balaban J connectivity index is 2.31. The zero-order valence-corrected chi connectivity index (χ0v) is 8.98. The fourth-order valence-electron chi connectivity index (χ4n) is 1.54. The van der Waals surface area contributed by atoms with Crippen LogP contribution >= 0.6 is 0 Å². The highest BCUT2D eigenvalue weighted by Gasteiger charge is 2.16. The summed E-state index contributed by atoms with van der Waals surface area (Å²) < 4.78 is 18.9. The molecular weight excluding hydrogens is 207 g/mol. The van der Waals surface area contributed by atoms with E-state index in [9.17, 15) is 4.39 Å². The van der Waals surface area contributed by atoms with Gasteiger partial charge in [-0.1, -0.05) is 6.92 Å². The van der Waals surface area contributed by atoms with E-state index in [0.29, 0.717) is 11.3 Å². The van der Waals surface area contributed by atoms with Crippen LogP contribution in [0.3, 0.4) is 0 Å². The van der Waals surface area contributed by atoms with Gasteiger partial charge in [-0.2, -0.15) is 0 Å². The van der Waals surface area contributed by atoms with Crippen LogP contribution in [-0.2, 0) is 6.42 Å². The lowest BCUT2D eigenvalue weighted by Gasteiger charge is -2.09. The molecule has 2 N–H and O–H groups in total. The van der Waals surface area contributed by atoms with Crippen molar-refractivity contribution < 1.29 is 8.81 Å². The summed E-state index contributed by atoms with van der Waals surface area (Å²) in [5.41, 5.74) is 6.32. The van der Waals surface area contributed by atoms with Gasteiger partial charge in [-0.25, -0.2) is 4.39 Å². The second-order valence-corrected chi connectivity index (χ2v) is 3.53. The van der Waals surface area contributed by atoms with Crippen LogP contribution in [0.1, 0.15) is 30.0 Å². The van der Waals surface area contributed by atoms with E-state index in [2.05, 4.69) is 4.98 Å². The van der Waals surface area contributed by atoms with E-state index in [0.717, 1.165) is 18.4 Å². The predicted octanol–water partition coefficient (Wildman–Crippen LogP) is 2.42. The predicted molar refractivity (Wildman–Crippen MR) is 58.3 cm³/mol. The zero-order chi connectivity index (χ0) is 11.5. The molecule has 0 aliphatic rings. The normalized spacial score (nSPS) is 12.7. The van der Waals surface area contributed by atoms with E-state index in [1.807, 2.05) is 13.0 Å². The number of aromatic nitrogens is 1. The number of aryl methyl sites for hydroxylation is 1. The SMILES string of the molecule is CCc1ccc(C(N)c2ccncc2F)o1. The van der Waals surface area contributed by atoms with E-state index in [-0.39, 0.29) is 0 Å². The molecule has 84 valence electrons. The molecule has 16 heavy (non-hydrogen) atoms. The summed E-state index contributed by atoms with van der Waals surface area (Å²) >= 11 is 0. The molecule has 0 bridgehead atoms. The highest BCUT2D eigenvalue weighted by molar-refractivity contribution is 5.26. The molecule has 1 atom stereocenters. The smallest absolute Gasteiger partial charge is 0.146 e. The Morgan fingerprint density at radius 1 is 1.44 bits per heavy atom. The average molecular weight is 220 g/mol. The minimum absolute atomic E-state index is 0.395. The molecule has 2 heterocycles. The van der Waals surface area contributed by atoms with E-state index in [1.54, 1.807) is 12.1 Å². The van der Waals surface area contributed by atoms with Gasteiger partial charge in [-0.05, 0) is 18.2 Å².